The molecule has 0 spiro atoms. The Morgan fingerprint density at radius 3 is 2.15 bits per heavy atom. The summed E-state index contributed by atoms with van der Waals surface area (Å²) in [4.78, 5) is 47.9. The van der Waals surface area contributed by atoms with Crippen LogP contribution in [0.3, 0.4) is 0 Å². The molecule has 0 saturated carbocycles. The van der Waals surface area contributed by atoms with Crippen LogP contribution in [0.4, 0.5) is 16.2 Å². The number of hydrogen-bond donors (Lipinski definition) is 1. The number of imide groups is 1. The zero-order valence-electron chi connectivity index (χ0n) is 33.0. The molecule has 1 saturated heterocycles. The first kappa shape index (κ1) is 43.3. The Labute approximate surface area is 327 Å². The number of carbonyl (C=O) groups excluding carboxylic acids is 3. The van der Waals surface area contributed by atoms with Crippen molar-refractivity contribution in [2.24, 2.45) is 4.99 Å². The van der Waals surface area contributed by atoms with E-state index < -0.39 is 39.6 Å². The van der Waals surface area contributed by atoms with Gasteiger partial charge in [-0.3, -0.25) is 13.9 Å². The molecule has 2 aromatic carbocycles. The maximum Gasteiger partial charge on any atom is 0.418 e. The van der Waals surface area contributed by atoms with Gasteiger partial charge in [0.25, 0.3) is 21.8 Å². The van der Waals surface area contributed by atoms with E-state index >= 15 is 0 Å². The number of aliphatic imine (C=N–C) groups is 1. The van der Waals surface area contributed by atoms with Crippen molar-refractivity contribution in [1.29, 1.82) is 0 Å². The second kappa shape index (κ2) is 20.0. The van der Waals surface area contributed by atoms with Crippen molar-refractivity contribution in [3.63, 3.8) is 0 Å². The number of sulfonamides is 1. The molecule has 0 radical (unpaired) electrons. The topological polar surface area (TPSA) is 135 Å². The zero-order chi connectivity index (χ0) is 39.4. The number of nitrogens with one attached hydrogen (secondary N) is 1. The lowest BCUT2D eigenvalue weighted by atomic mass is 10.1. The maximum atomic E-state index is 14.6. The Balaban J connectivity index is 1.55. The Morgan fingerprint density at radius 1 is 0.889 bits per heavy atom. The molecule has 1 fully saturated rings. The van der Waals surface area contributed by atoms with Gasteiger partial charge in [0.1, 0.15) is 4.90 Å². The number of nitrogens with zero attached hydrogens (tertiary/aromatic N) is 3. The Hall–Kier alpha value is -3.42. The fourth-order valence-corrected chi connectivity index (χ4v) is 9.69. The van der Waals surface area contributed by atoms with Crippen molar-refractivity contribution in [3.8, 4) is 0 Å². The molecular formula is C41H60N4O7S2. The molecule has 2 heterocycles. The SMILES string of the molecule is CCCCCCCCCCCCOCCCN1C(C(C(=O)Nc2ccccc2SC(C)(C)CCC)N2C(=O)OC(C)(C)C2=O)=Nc2ccccc2S1(=O)=O. The van der Waals surface area contributed by atoms with Crippen LogP contribution in [0.1, 0.15) is 125 Å². The van der Waals surface area contributed by atoms with Crippen molar-refractivity contribution >= 4 is 56.9 Å². The lowest BCUT2D eigenvalue weighted by Gasteiger charge is -2.35. The van der Waals surface area contributed by atoms with Gasteiger partial charge in [0, 0.05) is 29.4 Å². The monoisotopic (exact) mass is 784 g/mol. The second-order valence-electron chi connectivity index (χ2n) is 15.2. The van der Waals surface area contributed by atoms with E-state index in [0.29, 0.717) is 23.6 Å². The van der Waals surface area contributed by atoms with E-state index in [1.807, 2.05) is 12.1 Å². The highest BCUT2D eigenvalue weighted by Gasteiger charge is 2.55. The average Bonchev–Trinajstić information content (AvgIpc) is 3.31. The molecule has 2 aliphatic heterocycles. The summed E-state index contributed by atoms with van der Waals surface area (Å²) < 4.78 is 40.8. The highest BCUT2D eigenvalue weighted by molar-refractivity contribution is 8.00. The van der Waals surface area contributed by atoms with Crippen molar-refractivity contribution in [3.05, 3.63) is 48.5 Å². The summed E-state index contributed by atoms with van der Waals surface area (Å²) in [6, 6.07) is 11.8. The average molecular weight is 785 g/mol. The van der Waals surface area contributed by atoms with E-state index in [-0.39, 0.29) is 34.3 Å². The number of carbonyl (C=O) groups is 3. The van der Waals surface area contributed by atoms with Gasteiger partial charge in [-0.1, -0.05) is 116 Å². The molecule has 1 atom stereocenters. The van der Waals surface area contributed by atoms with Crippen molar-refractivity contribution in [1.82, 2.24) is 9.21 Å². The first-order valence-corrected chi connectivity index (χ1v) is 21.9. The Morgan fingerprint density at radius 2 is 1.50 bits per heavy atom. The molecule has 1 N–H and O–H groups in total. The van der Waals surface area contributed by atoms with Gasteiger partial charge in [-0.2, -0.15) is 0 Å². The van der Waals surface area contributed by atoms with Gasteiger partial charge in [0.05, 0.1) is 11.4 Å². The third-order valence-corrected chi connectivity index (χ3v) is 12.8. The largest absolute Gasteiger partial charge is 0.433 e. The number of para-hydroxylation sites is 2. The summed E-state index contributed by atoms with van der Waals surface area (Å²) in [5.74, 6) is -1.84. The Bertz CT molecular complexity index is 1730. The minimum Gasteiger partial charge on any atom is -0.433 e. The van der Waals surface area contributed by atoms with Gasteiger partial charge >= 0.3 is 6.09 Å². The minimum absolute atomic E-state index is 0.0326. The number of benzene rings is 2. The summed E-state index contributed by atoms with van der Waals surface area (Å²) >= 11 is 1.60. The molecule has 4 rings (SSSR count). The number of rotatable bonds is 23. The lowest BCUT2D eigenvalue weighted by Crippen LogP contribution is -2.59. The van der Waals surface area contributed by atoms with Gasteiger partial charge in [-0.25, -0.2) is 23.1 Å². The molecule has 3 amide bonds. The minimum atomic E-state index is -4.26. The number of cyclic esters (lactones) is 1. The summed E-state index contributed by atoms with van der Waals surface area (Å²) in [6.07, 6.45) is 13.3. The maximum absolute atomic E-state index is 14.6. The molecule has 298 valence electrons. The standard InChI is InChI=1S/C41H60N4O7S2/c1-7-9-10-11-12-13-14-15-16-21-29-51-30-22-28-44-36(42-32-24-18-20-26-34(32)54(44,49)50)35(45-38(47)41(5,6)52-39(45)48)37(46)43-31-23-17-19-25-33(31)53-40(3,4)27-8-2/h17-20,23-26,35H,7-16,21-22,27-30H2,1-6H3,(H,43,46). The Kier molecular flexibility index (Phi) is 16.0. The quantitative estimate of drug-likeness (QED) is 0.0870. The molecule has 0 bridgehead atoms. The summed E-state index contributed by atoms with van der Waals surface area (Å²) in [5, 5.41) is 2.92. The van der Waals surface area contributed by atoms with Crippen molar-refractivity contribution < 1.29 is 32.3 Å². The first-order chi connectivity index (χ1) is 25.7. The number of amidine groups is 1. The van der Waals surface area contributed by atoms with Gasteiger partial charge in [-0.05, 0) is 57.4 Å². The van der Waals surface area contributed by atoms with E-state index in [0.717, 1.165) is 34.9 Å². The zero-order valence-corrected chi connectivity index (χ0v) is 34.7. The van der Waals surface area contributed by atoms with Crippen LogP contribution >= 0.6 is 11.8 Å². The van der Waals surface area contributed by atoms with Gasteiger partial charge in [0.2, 0.25) is 0 Å². The van der Waals surface area contributed by atoms with Crippen LogP contribution in [-0.4, -0.2) is 77.5 Å². The van der Waals surface area contributed by atoms with Crippen LogP contribution in [0.5, 0.6) is 0 Å². The summed E-state index contributed by atoms with van der Waals surface area (Å²) in [7, 11) is -4.26. The summed E-state index contributed by atoms with van der Waals surface area (Å²) in [5.41, 5.74) is -1.00. The van der Waals surface area contributed by atoms with Crippen molar-refractivity contribution in [2.45, 2.75) is 151 Å². The van der Waals surface area contributed by atoms with Gasteiger partial charge in [-0.15, -0.1) is 11.8 Å². The fourth-order valence-electron chi connectivity index (χ4n) is 6.79. The molecule has 2 aliphatic rings. The third kappa shape index (κ3) is 11.3. The predicted molar refractivity (Wildman–Crippen MR) is 216 cm³/mol. The number of fused-ring (bicyclic) bond motifs is 1. The fraction of sp³-hybridized carbons (Fsp3) is 0.610. The number of amides is 3. The van der Waals surface area contributed by atoms with Gasteiger partial charge in [0.15, 0.2) is 17.5 Å². The van der Waals surface area contributed by atoms with Crippen LogP contribution in [0.15, 0.2) is 63.3 Å². The van der Waals surface area contributed by atoms with Crippen molar-refractivity contribution in [2.75, 3.05) is 25.1 Å². The molecule has 54 heavy (non-hydrogen) atoms. The molecule has 13 heteroatoms. The molecule has 0 aromatic heterocycles. The first-order valence-electron chi connectivity index (χ1n) is 19.7. The number of hydrogen-bond acceptors (Lipinski definition) is 9. The number of unbranched alkanes of at least 4 members (excludes halogenated alkanes) is 9. The molecule has 0 aliphatic carbocycles. The lowest BCUT2D eigenvalue weighted by molar-refractivity contribution is -0.137. The van der Waals surface area contributed by atoms with Crippen LogP contribution in [0.25, 0.3) is 0 Å². The van der Waals surface area contributed by atoms with Gasteiger partial charge < -0.3 is 14.8 Å². The third-order valence-electron chi connectivity index (χ3n) is 9.62. The highest BCUT2D eigenvalue weighted by Crippen LogP contribution is 2.40. The highest BCUT2D eigenvalue weighted by atomic mass is 32.2. The number of anilines is 1. The van der Waals surface area contributed by atoms with E-state index in [1.165, 1.54) is 77.3 Å². The van der Waals surface area contributed by atoms with Crippen LogP contribution in [0, 0.1) is 0 Å². The van der Waals surface area contributed by atoms with Crippen LogP contribution in [0.2, 0.25) is 0 Å². The number of thioether (sulfide) groups is 1. The normalized spacial score (nSPS) is 16.9. The smallest absolute Gasteiger partial charge is 0.418 e. The number of ether oxygens (including phenoxy) is 2. The molecule has 1 unspecified atom stereocenters. The van der Waals surface area contributed by atoms with Crippen LogP contribution < -0.4 is 5.32 Å². The van der Waals surface area contributed by atoms with E-state index in [1.54, 1.807) is 36.0 Å². The van der Waals surface area contributed by atoms with E-state index in [9.17, 15) is 22.8 Å². The molecule has 11 nitrogen and oxygen atoms in total. The van der Waals surface area contributed by atoms with Crippen LogP contribution in [-0.2, 0) is 29.1 Å². The second-order valence-corrected chi connectivity index (χ2v) is 18.8. The molecule has 2 aromatic rings. The predicted octanol–water partition coefficient (Wildman–Crippen LogP) is 9.48. The summed E-state index contributed by atoms with van der Waals surface area (Å²) in [6.45, 7) is 12.2. The van der Waals surface area contributed by atoms with E-state index in [4.69, 9.17) is 14.5 Å². The molecular weight excluding hydrogens is 725 g/mol. The van der Waals surface area contributed by atoms with E-state index in [2.05, 4.69) is 33.0 Å².